The summed E-state index contributed by atoms with van der Waals surface area (Å²) in [5.74, 6) is -0.763. The quantitative estimate of drug-likeness (QED) is 0.757. The summed E-state index contributed by atoms with van der Waals surface area (Å²) >= 11 is 0. The molecule has 30 heavy (non-hydrogen) atoms. The maximum Gasteiger partial charge on any atom is 0.243 e. The van der Waals surface area contributed by atoms with Crippen molar-refractivity contribution in [1.29, 1.82) is 0 Å². The molecule has 1 aliphatic heterocycles. The Morgan fingerprint density at radius 3 is 2.50 bits per heavy atom. The van der Waals surface area contributed by atoms with Gasteiger partial charge in [-0.25, -0.2) is 4.39 Å². The van der Waals surface area contributed by atoms with Crippen molar-refractivity contribution in [3.8, 4) is 11.3 Å². The normalized spacial score (nSPS) is 18.9. The third-order valence-corrected chi connectivity index (χ3v) is 5.73. The van der Waals surface area contributed by atoms with Crippen molar-refractivity contribution in [1.82, 2.24) is 20.0 Å². The van der Waals surface area contributed by atoms with Crippen LogP contribution in [-0.4, -0.2) is 50.8 Å². The van der Waals surface area contributed by atoms with Crippen LogP contribution in [0, 0.1) is 0 Å². The van der Waals surface area contributed by atoms with E-state index in [1.165, 1.54) is 18.7 Å². The van der Waals surface area contributed by atoms with Crippen LogP contribution in [0.25, 0.3) is 11.3 Å². The fourth-order valence-corrected chi connectivity index (χ4v) is 3.77. The molecule has 1 aliphatic rings. The molecule has 1 fully saturated rings. The predicted molar refractivity (Wildman–Crippen MR) is 113 cm³/mol. The first-order chi connectivity index (χ1) is 14.1. The van der Waals surface area contributed by atoms with E-state index in [-0.39, 0.29) is 11.9 Å². The van der Waals surface area contributed by atoms with Gasteiger partial charge in [0.2, 0.25) is 11.8 Å². The Kier molecular flexibility index (Phi) is 6.26. The summed E-state index contributed by atoms with van der Waals surface area (Å²) in [6.07, 6.45) is 2.98. The van der Waals surface area contributed by atoms with Gasteiger partial charge < -0.3 is 16.0 Å². The number of hydrogen-bond acceptors (Lipinski definition) is 4. The second-order valence-electron chi connectivity index (χ2n) is 8.42. The molecule has 2 aromatic rings. The van der Waals surface area contributed by atoms with Gasteiger partial charge >= 0.3 is 0 Å². The van der Waals surface area contributed by atoms with Crippen LogP contribution < -0.4 is 11.1 Å². The van der Waals surface area contributed by atoms with E-state index in [0.717, 1.165) is 16.8 Å². The monoisotopic (exact) mass is 415 g/mol. The number of nitrogens with two attached hydrogens (primary N) is 1. The topological polar surface area (TPSA) is 93.2 Å². The Morgan fingerprint density at radius 2 is 1.93 bits per heavy atom. The van der Waals surface area contributed by atoms with Gasteiger partial charge in [0.15, 0.2) is 0 Å². The van der Waals surface area contributed by atoms with E-state index in [9.17, 15) is 14.0 Å². The average molecular weight is 416 g/mol. The van der Waals surface area contributed by atoms with Crippen LogP contribution in [0.4, 0.5) is 4.39 Å². The second-order valence-corrected chi connectivity index (χ2v) is 8.42. The third kappa shape index (κ3) is 4.53. The molecule has 0 bridgehead atoms. The summed E-state index contributed by atoms with van der Waals surface area (Å²) in [6, 6.07) is 7.70. The lowest BCUT2D eigenvalue weighted by atomic mass is 10.00. The molecule has 8 heteroatoms. The van der Waals surface area contributed by atoms with Gasteiger partial charge in [0.05, 0.1) is 11.7 Å². The Hall–Kier alpha value is -2.74. The van der Waals surface area contributed by atoms with Gasteiger partial charge in [-0.1, -0.05) is 24.3 Å². The molecule has 0 radical (unpaired) electrons. The summed E-state index contributed by atoms with van der Waals surface area (Å²) in [7, 11) is 1.89. The van der Waals surface area contributed by atoms with E-state index in [4.69, 9.17) is 5.73 Å². The van der Waals surface area contributed by atoms with Crippen LogP contribution >= 0.6 is 0 Å². The largest absolute Gasteiger partial charge is 0.348 e. The zero-order valence-electron chi connectivity index (χ0n) is 17.9. The van der Waals surface area contributed by atoms with Crippen molar-refractivity contribution < 1.29 is 14.0 Å². The third-order valence-electron chi connectivity index (χ3n) is 5.73. The molecule has 3 N–H and O–H groups in total. The van der Waals surface area contributed by atoms with E-state index in [0.29, 0.717) is 19.4 Å². The SMILES string of the molecule is CC(NC(=O)C1CCCN1C(=O)C(N)C(C)(C)F)c1ccc(-c2ccnn2C)cc1. The van der Waals surface area contributed by atoms with Gasteiger partial charge in [0.1, 0.15) is 17.8 Å². The molecule has 3 atom stereocenters. The molecule has 1 saturated heterocycles. The highest BCUT2D eigenvalue weighted by atomic mass is 19.1. The Balaban J connectivity index is 1.66. The standard InChI is InChI=1S/C22H30FN5O2/c1-14(15-7-9-16(10-8-15)17-11-12-25-27(17)4)26-20(29)18-6-5-13-28(18)21(30)19(24)22(2,3)23/h7-12,14,18-19H,5-6,13,24H2,1-4H3,(H,26,29). The number of likely N-dealkylation sites (tertiary alicyclic amines) is 1. The van der Waals surface area contributed by atoms with Gasteiger partial charge in [-0.3, -0.25) is 14.3 Å². The molecule has 0 saturated carbocycles. The van der Waals surface area contributed by atoms with E-state index in [2.05, 4.69) is 10.4 Å². The van der Waals surface area contributed by atoms with Crippen molar-refractivity contribution in [3.05, 3.63) is 42.1 Å². The van der Waals surface area contributed by atoms with Gasteiger partial charge in [-0.15, -0.1) is 0 Å². The van der Waals surface area contributed by atoms with Crippen molar-refractivity contribution in [2.24, 2.45) is 12.8 Å². The minimum Gasteiger partial charge on any atom is -0.348 e. The molecule has 3 rings (SSSR count). The first-order valence-corrected chi connectivity index (χ1v) is 10.2. The molecule has 1 aromatic heterocycles. The van der Waals surface area contributed by atoms with Gasteiger partial charge in [-0.2, -0.15) is 5.10 Å². The van der Waals surface area contributed by atoms with E-state index in [1.54, 1.807) is 10.9 Å². The molecular formula is C22H30FN5O2. The second kappa shape index (κ2) is 8.55. The van der Waals surface area contributed by atoms with Crippen molar-refractivity contribution in [2.75, 3.05) is 6.54 Å². The molecular weight excluding hydrogens is 385 g/mol. The number of carbonyl (C=O) groups is 2. The number of halogens is 1. The predicted octanol–water partition coefficient (Wildman–Crippen LogP) is 2.33. The number of alkyl halides is 1. The van der Waals surface area contributed by atoms with Crippen molar-refractivity contribution in [2.45, 2.75) is 57.4 Å². The number of amides is 2. The summed E-state index contributed by atoms with van der Waals surface area (Å²) in [5, 5.41) is 7.16. The number of rotatable bonds is 6. The number of benzene rings is 1. The highest BCUT2D eigenvalue weighted by Gasteiger charge is 2.41. The molecule has 7 nitrogen and oxygen atoms in total. The van der Waals surface area contributed by atoms with E-state index >= 15 is 0 Å². The first kappa shape index (κ1) is 22.0. The molecule has 1 aromatic carbocycles. The molecule has 0 aliphatic carbocycles. The van der Waals surface area contributed by atoms with Gasteiger partial charge in [-0.05, 0) is 50.8 Å². The summed E-state index contributed by atoms with van der Waals surface area (Å²) < 4.78 is 15.9. The fraction of sp³-hybridized carbons (Fsp3) is 0.500. The Bertz CT molecular complexity index is 903. The van der Waals surface area contributed by atoms with Crippen molar-refractivity contribution >= 4 is 11.8 Å². The highest BCUT2D eigenvalue weighted by molar-refractivity contribution is 5.91. The zero-order valence-corrected chi connectivity index (χ0v) is 17.9. The number of nitrogens with one attached hydrogen (secondary N) is 1. The van der Waals surface area contributed by atoms with Crippen LogP contribution in [0.15, 0.2) is 36.5 Å². The van der Waals surface area contributed by atoms with Gasteiger partial charge in [0.25, 0.3) is 0 Å². The Labute approximate surface area is 176 Å². The van der Waals surface area contributed by atoms with Crippen LogP contribution in [0.2, 0.25) is 0 Å². The van der Waals surface area contributed by atoms with Crippen LogP contribution in [0.3, 0.4) is 0 Å². The number of aryl methyl sites for hydroxylation is 1. The highest BCUT2D eigenvalue weighted by Crippen LogP contribution is 2.24. The van der Waals surface area contributed by atoms with Crippen molar-refractivity contribution in [3.63, 3.8) is 0 Å². The summed E-state index contributed by atoms with van der Waals surface area (Å²) in [5.41, 5.74) is 6.94. The molecule has 2 heterocycles. The number of nitrogens with zero attached hydrogens (tertiary/aromatic N) is 3. The smallest absolute Gasteiger partial charge is 0.243 e. The Morgan fingerprint density at radius 1 is 1.27 bits per heavy atom. The first-order valence-electron chi connectivity index (χ1n) is 10.2. The maximum atomic E-state index is 14.1. The average Bonchev–Trinajstić information content (AvgIpc) is 3.35. The van der Waals surface area contributed by atoms with Gasteiger partial charge in [0, 0.05) is 19.8 Å². The summed E-state index contributed by atoms with van der Waals surface area (Å²) in [4.78, 5) is 26.9. The van der Waals surface area contributed by atoms with E-state index in [1.807, 2.05) is 44.3 Å². The molecule has 3 unspecified atom stereocenters. The minimum absolute atomic E-state index is 0.234. The van der Waals surface area contributed by atoms with E-state index < -0.39 is 23.7 Å². The number of carbonyl (C=O) groups excluding carboxylic acids is 2. The van der Waals surface area contributed by atoms with Crippen LogP contribution in [0.1, 0.15) is 45.2 Å². The zero-order chi connectivity index (χ0) is 22.1. The maximum absolute atomic E-state index is 14.1. The van der Waals surface area contributed by atoms with Crippen LogP contribution in [-0.2, 0) is 16.6 Å². The number of aromatic nitrogens is 2. The molecule has 162 valence electrons. The van der Waals surface area contributed by atoms with Crippen LogP contribution in [0.5, 0.6) is 0 Å². The molecule has 0 spiro atoms. The lowest BCUT2D eigenvalue weighted by molar-refractivity contribution is -0.141. The molecule has 2 amide bonds. The number of hydrogen-bond donors (Lipinski definition) is 2. The minimum atomic E-state index is -1.84. The summed E-state index contributed by atoms with van der Waals surface area (Å²) in [6.45, 7) is 4.86. The lowest BCUT2D eigenvalue weighted by Crippen LogP contribution is -2.56. The fourth-order valence-electron chi connectivity index (χ4n) is 3.77. The lowest BCUT2D eigenvalue weighted by Gasteiger charge is -2.31.